The molecule has 0 aliphatic carbocycles. The second-order valence-electron chi connectivity index (χ2n) is 7.70. The fourth-order valence-electron chi connectivity index (χ4n) is 3.97. The van der Waals surface area contributed by atoms with E-state index in [1.54, 1.807) is 17.0 Å². The predicted octanol–water partition coefficient (Wildman–Crippen LogP) is 4.44. The number of piperidine rings is 1. The van der Waals surface area contributed by atoms with Crippen molar-refractivity contribution in [2.75, 3.05) is 49.6 Å². The maximum atomic E-state index is 14.0. The first-order chi connectivity index (χ1) is 14.0. The molecular formula is C23H25ClFN3O. The lowest BCUT2D eigenvalue weighted by Gasteiger charge is -2.35. The van der Waals surface area contributed by atoms with Crippen LogP contribution in [0.25, 0.3) is 6.08 Å². The first kappa shape index (κ1) is 19.9. The van der Waals surface area contributed by atoms with E-state index in [0.717, 1.165) is 49.5 Å². The van der Waals surface area contributed by atoms with Gasteiger partial charge in [0.05, 0.1) is 0 Å². The molecule has 0 atom stereocenters. The average Bonchev–Trinajstić information content (AvgIpc) is 2.71. The summed E-state index contributed by atoms with van der Waals surface area (Å²) in [6.07, 6.45) is 3.45. The monoisotopic (exact) mass is 413 g/mol. The van der Waals surface area contributed by atoms with Gasteiger partial charge in [0.25, 0.3) is 5.91 Å². The zero-order valence-corrected chi connectivity index (χ0v) is 17.3. The Morgan fingerprint density at radius 3 is 2.45 bits per heavy atom. The number of amides is 1. The molecule has 0 unspecified atom stereocenters. The molecule has 0 radical (unpaired) electrons. The summed E-state index contributed by atoms with van der Waals surface area (Å²) in [4.78, 5) is 19.5. The normalized spacial score (nSPS) is 19.8. The van der Waals surface area contributed by atoms with Gasteiger partial charge in [-0.2, -0.15) is 0 Å². The molecule has 29 heavy (non-hydrogen) atoms. The molecule has 2 aliphatic rings. The van der Waals surface area contributed by atoms with Crippen LogP contribution in [0.3, 0.4) is 0 Å². The number of nitrogens with zero attached hydrogens (tertiary/aromatic N) is 3. The Morgan fingerprint density at radius 1 is 1.00 bits per heavy atom. The van der Waals surface area contributed by atoms with E-state index >= 15 is 0 Å². The molecule has 0 aromatic heterocycles. The van der Waals surface area contributed by atoms with Gasteiger partial charge in [0.15, 0.2) is 0 Å². The van der Waals surface area contributed by atoms with Crippen LogP contribution in [0.1, 0.15) is 18.4 Å². The van der Waals surface area contributed by atoms with Crippen molar-refractivity contribution in [3.8, 4) is 0 Å². The zero-order chi connectivity index (χ0) is 20.4. The fourth-order valence-corrected chi connectivity index (χ4v) is 4.10. The topological polar surface area (TPSA) is 26.8 Å². The first-order valence-corrected chi connectivity index (χ1v) is 10.4. The van der Waals surface area contributed by atoms with Crippen molar-refractivity contribution in [1.29, 1.82) is 0 Å². The van der Waals surface area contributed by atoms with Crippen molar-refractivity contribution < 1.29 is 9.18 Å². The number of likely N-dealkylation sites (N-methyl/N-ethyl adjacent to an activating group) is 1. The zero-order valence-electron chi connectivity index (χ0n) is 16.6. The van der Waals surface area contributed by atoms with Crippen LogP contribution in [0, 0.1) is 5.82 Å². The predicted molar refractivity (Wildman–Crippen MR) is 117 cm³/mol. The summed E-state index contributed by atoms with van der Waals surface area (Å²) in [6, 6.07) is 12.2. The number of hydrogen-bond acceptors (Lipinski definition) is 3. The minimum absolute atomic E-state index is 0.0211. The molecule has 4 rings (SSSR count). The lowest BCUT2D eigenvalue weighted by atomic mass is 9.99. The third-order valence-corrected chi connectivity index (χ3v) is 5.90. The number of piperazine rings is 1. The van der Waals surface area contributed by atoms with Gasteiger partial charge in [-0.15, -0.1) is 0 Å². The summed E-state index contributed by atoms with van der Waals surface area (Å²) in [7, 11) is 2.11. The molecule has 152 valence electrons. The highest BCUT2D eigenvalue weighted by molar-refractivity contribution is 6.30. The van der Waals surface area contributed by atoms with Crippen molar-refractivity contribution in [3.05, 3.63) is 64.4 Å². The van der Waals surface area contributed by atoms with E-state index in [-0.39, 0.29) is 11.7 Å². The Hall–Kier alpha value is -2.37. The molecule has 2 fully saturated rings. The van der Waals surface area contributed by atoms with Crippen molar-refractivity contribution in [2.24, 2.45) is 0 Å². The van der Waals surface area contributed by atoms with Crippen molar-refractivity contribution in [1.82, 2.24) is 4.90 Å². The molecule has 0 N–H and O–H groups in total. The van der Waals surface area contributed by atoms with Gasteiger partial charge in [0, 0.05) is 60.3 Å². The number of halogens is 2. The highest BCUT2D eigenvalue weighted by atomic mass is 35.5. The summed E-state index contributed by atoms with van der Waals surface area (Å²) in [5, 5.41) is 0.644. The van der Waals surface area contributed by atoms with E-state index in [9.17, 15) is 9.18 Å². The van der Waals surface area contributed by atoms with E-state index in [2.05, 4.69) is 16.8 Å². The molecule has 2 saturated heterocycles. The quantitative estimate of drug-likeness (QED) is 0.696. The largest absolute Gasteiger partial charge is 0.368 e. The Balaban J connectivity index is 1.63. The van der Waals surface area contributed by atoms with Gasteiger partial charge in [0.2, 0.25) is 0 Å². The SMILES string of the molecule is CN1CCN(c2ccc(F)cc2/C=C2\CCCN(c3ccc(Cl)cc3)C2=O)CC1. The molecule has 4 nitrogen and oxygen atoms in total. The Labute approximate surface area is 176 Å². The van der Waals surface area contributed by atoms with Gasteiger partial charge < -0.3 is 14.7 Å². The van der Waals surface area contributed by atoms with E-state index in [4.69, 9.17) is 11.6 Å². The molecule has 0 bridgehead atoms. The van der Waals surface area contributed by atoms with Crippen molar-refractivity contribution in [2.45, 2.75) is 12.8 Å². The highest BCUT2D eigenvalue weighted by Gasteiger charge is 2.25. The van der Waals surface area contributed by atoms with E-state index in [0.29, 0.717) is 23.6 Å². The van der Waals surface area contributed by atoms with Crippen LogP contribution in [0.2, 0.25) is 5.02 Å². The van der Waals surface area contributed by atoms with E-state index < -0.39 is 0 Å². The van der Waals surface area contributed by atoms with Crippen LogP contribution in [0.4, 0.5) is 15.8 Å². The van der Waals surface area contributed by atoms with Crippen LogP contribution in [0.15, 0.2) is 48.0 Å². The number of hydrogen-bond donors (Lipinski definition) is 0. The molecular weight excluding hydrogens is 389 g/mol. The number of rotatable bonds is 3. The summed E-state index contributed by atoms with van der Waals surface area (Å²) < 4.78 is 14.0. The van der Waals surface area contributed by atoms with Gasteiger partial charge in [-0.3, -0.25) is 4.79 Å². The smallest absolute Gasteiger partial charge is 0.254 e. The third-order valence-electron chi connectivity index (χ3n) is 5.65. The Bertz CT molecular complexity index is 920. The van der Waals surface area contributed by atoms with Gasteiger partial charge in [-0.25, -0.2) is 4.39 Å². The van der Waals surface area contributed by atoms with E-state index in [1.807, 2.05) is 24.3 Å². The standard InChI is InChI=1S/C23H25ClFN3O/c1-26-11-13-27(14-12-26)22-9-6-20(25)16-18(22)15-17-3-2-10-28(23(17)29)21-7-4-19(24)5-8-21/h4-9,15-16H,2-3,10-14H2,1H3/b17-15+. The second kappa shape index (κ2) is 8.56. The Kier molecular flexibility index (Phi) is 5.88. The molecule has 2 aromatic rings. The summed E-state index contributed by atoms with van der Waals surface area (Å²) in [6.45, 7) is 4.39. The maximum Gasteiger partial charge on any atom is 0.254 e. The van der Waals surface area contributed by atoms with Crippen LogP contribution in [0.5, 0.6) is 0 Å². The number of anilines is 2. The summed E-state index contributed by atoms with van der Waals surface area (Å²) in [5.74, 6) is -0.306. The molecule has 6 heteroatoms. The van der Waals surface area contributed by atoms with Crippen molar-refractivity contribution in [3.63, 3.8) is 0 Å². The number of carbonyl (C=O) groups excluding carboxylic acids is 1. The van der Waals surface area contributed by atoms with Gasteiger partial charge in [0.1, 0.15) is 5.82 Å². The minimum Gasteiger partial charge on any atom is -0.368 e. The second-order valence-corrected chi connectivity index (χ2v) is 8.14. The average molecular weight is 414 g/mol. The van der Waals surface area contributed by atoms with Crippen LogP contribution >= 0.6 is 11.6 Å². The van der Waals surface area contributed by atoms with Crippen LogP contribution in [-0.2, 0) is 4.79 Å². The molecule has 1 amide bonds. The van der Waals surface area contributed by atoms with E-state index in [1.165, 1.54) is 12.1 Å². The van der Waals surface area contributed by atoms with Gasteiger partial charge in [-0.05, 0) is 68.4 Å². The molecule has 2 aliphatic heterocycles. The minimum atomic E-state index is -0.285. The number of benzene rings is 2. The summed E-state index contributed by atoms with van der Waals surface area (Å²) >= 11 is 5.98. The number of carbonyl (C=O) groups is 1. The molecule has 0 spiro atoms. The molecule has 2 heterocycles. The van der Waals surface area contributed by atoms with Crippen LogP contribution in [-0.4, -0.2) is 50.6 Å². The molecule has 0 saturated carbocycles. The Morgan fingerprint density at radius 2 is 1.72 bits per heavy atom. The van der Waals surface area contributed by atoms with Crippen LogP contribution < -0.4 is 9.80 Å². The van der Waals surface area contributed by atoms with Crippen molar-refractivity contribution >= 4 is 35.0 Å². The van der Waals surface area contributed by atoms with Gasteiger partial charge in [-0.1, -0.05) is 11.6 Å². The summed E-state index contributed by atoms with van der Waals surface area (Å²) in [5.41, 5.74) is 3.31. The lowest BCUT2D eigenvalue weighted by Crippen LogP contribution is -2.44. The third kappa shape index (κ3) is 4.46. The van der Waals surface area contributed by atoms with Gasteiger partial charge >= 0.3 is 0 Å². The lowest BCUT2D eigenvalue weighted by molar-refractivity contribution is -0.115. The highest BCUT2D eigenvalue weighted by Crippen LogP contribution is 2.30. The first-order valence-electron chi connectivity index (χ1n) is 10.0. The maximum absolute atomic E-state index is 14.0. The molecule has 2 aromatic carbocycles. The fraction of sp³-hybridized carbons (Fsp3) is 0.348.